The monoisotopic (exact) mass is 317 g/mol. The molecule has 7 nitrogen and oxygen atoms in total. The number of nitrogens with two attached hydrogens (primary N) is 1. The highest BCUT2D eigenvalue weighted by Crippen LogP contribution is 2.22. The van der Waals surface area contributed by atoms with Gasteiger partial charge in [-0.2, -0.15) is 0 Å². The number of nitrogens with zero attached hydrogens (tertiary/aromatic N) is 1. The van der Waals surface area contributed by atoms with Crippen molar-refractivity contribution in [3.8, 4) is 5.75 Å². The number of benzene rings is 1. The summed E-state index contributed by atoms with van der Waals surface area (Å²) < 4.78 is 10.6. The molecule has 0 saturated heterocycles. The van der Waals surface area contributed by atoms with E-state index in [4.69, 9.17) is 15.0 Å². The molecule has 0 fully saturated rings. The van der Waals surface area contributed by atoms with Crippen molar-refractivity contribution in [3.05, 3.63) is 41.2 Å². The Kier molecular flexibility index (Phi) is 5.00. The van der Waals surface area contributed by atoms with E-state index in [9.17, 15) is 9.59 Å². The maximum atomic E-state index is 12.3. The molecule has 0 aliphatic carbocycles. The van der Waals surface area contributed by atoms with Gasteiger partial charge in [-0.25, -0.2) is 0 Å². The first-order valence-corrected chi connectivity index (χ1v) is 7.22. The van der Waals surface area contributed by atoms with Gasteiger partial charge in [-0.05, 0) is 38.0 Å². The van der Waals surface area contributed by atoms with Gasteiger partial charge in [0.15, 0.2) is 11.9 Å². The summed E-state index contributed by atoms with van der Waals surface area (Å²) in [6.45, 7) is 5.39. The topological polar surface area (TPSA) is 107 Å². The first-order chi connectivity index (χ1) is 10.9. The normalized spacial score (nSPS) is 11.8. The number of aromatic nitrogens is 1. The Labute approximate surface area is 133 Å². The Morgan fingerprint density at radius 2 is 2.09 bits per heavy atom. The second-order valence-electron chi connectivity index (χ2n) is 5.19. The van der Waals surface area contributed by atoms with E-state index in [0.29, 0.717) is 18.0 Å². The largest absolute Gasteiger partial charge is 0.480 e. The predicted molar refractivity (Wildman–Crippen MR) is 84.3 cm³/mol. The lowest BCUT2D eigenvalue weighted by Gasteiger charge is -2.18. The van der Waals surface area contributed by atoms with Crippen molar-refractivity contribution >= 4 is 17.6 Å². The molecule has 2 aromatic rings. The number of amides is 2. The van der Waals surface area contributed by atoms with Crippen LogP contribution in [0.4, 0.5) is 5.82 Å². The number of ether oxygens (including phenoxy) is 1. The van der Waals surface area contributed by atoms with E-state index in [1.54, 1.807) is 38.1 Å². The van der Waals surface area contributed by atoms with Gasteiger partial charge in [0.25, 0.3) is 11.8 Å². The Morgan fingerprint density at radius 3 is 2.65 bits per heavy atom. The van der Waals surface area contributed by atoms with Gasteiger partial charge in [-0.3, -0.25) is 9.59 Å². The number of primary amides is 1. The predicted octanol–water partition coefficient (Wildman–Crippen LogP) is 2.19. The van der Waals surface area contributed by atoms with Crippen LogP contribution in [-0.4, -0.2) is 23.1 Å². The molecule has 0 aliphatic heterocycles. The van der Waals surface area contributed by atoms with Crippen LogP contribution in [0.15, 0.2) is 28.8 Å². The van der Waals surface area contributed by atoms with Gasteiger partial charge in [0.1, 0.15) is 11.5 Å². The van der Waals surface area contributed by atoms with Gasteiger partial charge in [0.2, 0.25) is 0 Å². The maximum absolute atomic E-state index is 12.3. The lowest BCUT2D eigenvalue weighted by molar-refractivity contribution is -0.122. The molecular weight excluding hydrogens is 298 g/mol. The van der Waals surface area contributed by atoms with Crippen molar-refractivity contribution in [2.24, 2.45) is 5.73 Å². The molecule has 122 valence electrons. The van der Waals surface area contributed by atoms with E-state index in [-0.39, 0.29) is 17.2 Å². The van der Waals surface area contributed by atoms with Crippen LogP contribution in [0.1, 0.15) is 35.0 Å². The fourth-order valence-electron chi connectivity index (χ4n) is 2.04. The third-order valence-corrected chi connectivity index (χ3v) is 3.21. The molecule has 0 bridgehead atoms. The van der Waals surface area contributed by atoms with Crippen LogP contribution in [0.3, 0.4) is 0 Å². The minimum Gasteiger partial charge on any atom is -0.480 e. The van der Waals surface area contributed by atoms with E-state index in [1.807, 2.05) is 6.92 Å². The number of hydrogen-bond acceptors (Lipinski definition) is 5. The molecule has 0 saturated carbocycles. The Balaban J connectivity index is 2.17. The second-order valence-corrected chi connectivity index (χ2v) is 5.19. The Hall–Kier alpha value is -2.83. The summed E-state index contributed by atoms with van der Waals surface area (Å²) in [6, 6.07) is 6.62. The van der Waals surface area contributed by atoms with Crippen molar-refractivity contribution in [3.63, 3.8) is 0 Å². The number of aryl methyl sites for hydroxylation is 2. The zero-order valence-corrected chi connectivity index (χ0v) is 13.3. The van der Waals surface area contributed by atoms with Crippen LogP contribution in [0.5, 0.6) is 5.75 Å². The first-order valence-electron chi connectivity index (χ1n) is 7.22. The summed E-state index contributed by atoms with van der Waals surface area (Å²) >= 11 is 0. The second kappa shape index (κ2) is 6.95. The highest BCUT2D eigenvalue weighted by Gasteiger charge is 2.22. The Morgan fingerprint density at radius 1 is 1.35 bits per heavy atom. The van der Waals surface area contributed by atoms with E-state index in [0.717, 1.165) is 5.56 Å². The molecule has 0 spiro atoms. The number of nitrogens with one attached hydrogen (secondary N) is 1. The molecule has 0 aliphatic rings. The molecule has 23 heavy (non-hydrogen) atoms. The highest BCUT2D eigenvalue weighted by molar-refractivity contribution is 5.96. The number of hydrogen-bond donors (Lipinski definition) is 2. The van der Waals surface area contributed by atoms with Gasteiger partial charge in [-0.1, -0.05) is 18.1 Å². The van der Waals surface area contributed by atoms with E-state index < -0.39 is 12.0 Å². The summed E-state index contributed by atoms with van der Waals surface area (Å²) in [5, 5.41) is 6.32. The third kappa shape index (κ3) is 4.09. The summed E-state index contributed by atoms with van der Waals surface area (Å²) in [5.74, 6) is 0.203. The SMILES string of the molecule is CC[C@@H](Oc1cc(C)ccc1C(N)=O)C(=O)Nc1cc(C)on1. The fourth-order valence-corrected chi connectivity index (χ4v) is 2.04. The smallest absolute Gasteiger partial charge is 0.266 e. The van der Waals surface area contributed by atoms with Crippen molar-refractivity contribution in [1.29, 1.82) is 0 Å². The van der Waals surface area contributed by atoms with Crippen molar-refractivity contribution < 1.29 is 18.8 Å². The number of carbonyl (C=O) groups is 2. The quantitative estimate of drug-likeness (QED) is 0.849. The minimum absolute atomic E-state index is 0.235. The van der Waals surface area contributed by atoms with Crippen LogP contribution in [0.2, 0.25) is 0 Å². The zero-order valence-electron chi connectivity index (χ0n) is 13.3. The summed E-state index contributed by atoms with van der Waals surface area (Å²) in [7, 11) is 0. The molecule has 2 amide bonds. The lowest BCUT2D eigenvalue weighted by Crippen LogP contribution is -2.33. The van der Waals surface area contributed by atoms with Crippen LogP contribution in [0.25, 0.3) is 0 Å². The maximum Gasteiger partial charge on any atom is 0.266 e. The van der Waals surface area contributed by atoms with Crippen LogP contribution in [-0.2, 0) is 4.79 Å². The van der Waals surface area contributed by atoms with Gasteiger partial charge in [0, 0.05) is 6.07 Å². The van der Waals surface area contributed by atoms with Crippen LogP contribution in [0, 0.1) is 13.8 Å². The average Bonchev–Trinajstić information content (AvgIpc) is 2.89. The standard InChI is InChI=1S/C16H19N3O4/c1-4-12(16(21)18-14-8-10(3)23-19-14)22-13-7-9(2)5-6-11(13)15(17)20/h5-8,12H,4H2,1-3H3,(H2,17,20)(H,18,19,21)/t12-/m1/s1. The molecule has 1 heterocycles. The van der Waals surface area contributed by atoms with Crippen molar-refractivity contribution in [2.45, 2.75) is 33.3 Å². The molecule has 2 rings (SSSR count). The Bertz CT molecular complexity index is 724. The molecular formula is C16H19N3O4. The van der Waals surface area contributed by atoms with Crippen molar-refractivity contribution in [1.82, 2.24) is 5.16 Å². The molecule has 1 aromatic heterocycles. The lowest BCUT2D eigenvalue weighted by atomic mass is 10.1. The molecule has 1 aromatic carbocycles. The van der Waals surface area contributed by atoms with Gasteiger partial charge in [0.05, 0.1) is 5.56 Å². The summed E-state index contributed by atoms with van der Waals surface area (Å²) in [5.41, 5.74) is 6.47. The molecule has 0 radical (unpaired) electrons. The first kappa shape index (κ1) is 16.5. The number of anilines is 1. The molecule has 7 heteroatoms. The highest BCUT2D eigenvalue weighted by atomic mass is 16.5. The molecule has 3 N–H and O–H groups in total. The van der Waals surface area contributed by atoms with E-state index >= 15 is 0 Å². The van der Waals surface area contributed by atoms with Crippen molar-refractivity contribution in [2.75, 3.05) is 5.32 Å². The third-order valence-electron chi connectivity index (χ3n) is 3.21. The van der Waals surface area contributed by atoms with E-state index in [2.05, 4.69) is 10.5 Å². The fraction of sp³-hybridized carbons (Fsp3) is 0.312. The zero-order chi connectivity index (χ0) is 17.0. The van der Waals surface area contributed by atoms with Gasteiger partial charge >= 0.3 is 0 Å². The molecule has 0 unspecified atom stereocenters. The van der Waals surface area contributed by atoms with Crippen LogP contribution >= 0.6 is 0 Å². The van der Waals surface area contributed by atoms with Gasteiger partial charge in [-0.15, -0.1) is 0 Å². The number of carbonyl (C=O) groups excluding carboxylic acids is 2. The summed E-state index contributed by atoms with van der Waals surface area (Å²) in [6.07, 6.45) is -0.374. The van der Waals surface area contributed by atoms with Gasteiger partial charge < -0.3 is 20.3 Å². The van der Waals surface area contributed by atoms with Crippen LogP contribution < -0.4 is 15.8 Å². The minimum atomic E-state index is -0.785. The average molecular weight is 317 g/mol. The molecule has 1 atom stereocenters. The number of rotatable bonds is 6. The summed E-state index contributed by atoms with van der Waals surface area (Å²) in [4.78, 5) is 23.8. The van der Waals surface area contributed by atoms with E-state index in [1.165, 1.54) is 0 Å².